The predicted octanol–water partition coefficient (Wildman–Crippen LogP) is 0.112. The van der Waals surface area contributed by atoms with Gasteiger partial charge < -0.3 is 16.2 Å². The van der Waals surface area contributed by atoms with Gasteiger partial charge in [-0.1, -0.05) is 13.8 Å². The number of hydrogen-bond donors (Lipinski definition) is 3. The lowest BCUT2D eigenvalue weighted by Crippen LogP contribution is -2.42. The Morgan fingerprint density at radius 1 is 1.35 bits per heavy atom. The highest BCUT2D eigenvalue weighted by Gasteiger charge is 2.20. The Balaban J connectivity index is 3.26. The topological polar surface area (TPSA) is 102 Å². The van der Waals surface area contributed by atoms with Crippen molar-refractivity contribution in [2.75, 3.05) is 17.6 Å². The number of nitrogen functional groups attached to an aromatic ring is 1. The first-order valence-corrected chi connectivity index (χ1v) is 6.80. The first kappa shape index (κ1) is 16.3. The molecule has 0 amide bonds. The molecule has 1 aromatic rings. The van der Waals surface area contributed by atoms with E-state index < -0.39 is 16.9 Å². The van der Waals surface area contributed by atoms with E-state index in [1.807, 2.05) is 13.8 Å². The van der Waals surface area contributed by atoms with Crippen molar-refractivity contribution in [1.29, 1.82) is 0 Å². The summed E-state index contributed by atoms with van der Waals surface area (Å²) in [4.78, 5) is 24.1. The lowest BCUT2D eigenvalue weighted by molar-refractivity contribution is 0.0697. The normalized spacial score (nSPS) is 14.1. The first-order chi connectivity index (χ1) is 9.25. The third kappa shape index (κ3) is 3.22. The largest absolute Gasteiger partial charge is 0.388 e. The first-order valence-electron chi connectivity index (χ1n) is 6.80. The van der Waals surface area contributed by atoms with E-state index >= 15 is 0 Å². The Kier molecular flexibility index (Phi) is 4.99. The summed E-state index contributed by atoms with van der Waals surface area (Å²) in [5.41, 5.74) is 4.23. The Morgan fingerprint density at radius 3 is 2.45 bits per heavy atom. The van der Waals surface area contributed by atoms with Crippen molar-refractivity contribution in [3.63, 3.8) is 0 Å². The second-order valence-electron chi connectivity index (χ2n) is 5.26. The zero-order valence-electron chi connectivity index (χ0n) is 12.6. The fraction of sp³-hybridized carbons (Fsp3) is 0.692. The number of aliphatic hydroxyl groups is 1. The van der Waals surface area contributed by atoms with E-state index in [9.17, 15) is 14.7 Å². The molecule has 0 aliphatic rings. The Bertz CT molecular complexity index is 587. The Morgan fingerprint density at radius 2 is 1.95 bits per heavy atom. The minimum atomic E-state index is -0.941. The summed E-state index contributed by atoms with van der Waals surface area (Å²) in [6.07, 6.45) is 1.27. The molecular formula is C13H24N4O3. The van der Waals surface area contributed by atoms with Crippen LogP contribution in [0, 0.1) is 0 Å². The molecule has 0 spiro atoms. The molecular weight excluding hydrogens is 260 g/mol. The molecule has 7 heteroatoms. The minimum absolute atomic E-state index is 0.117. The standard InChI is InChI=1S/C13H24N4O3/c1-5-7-17-10(14)9(11(18)16(4)12(17)19)15-8-13(3,20)6-2/h15,20H,5-8,14H2,1-4H3. The van der Waals surface area contributed by atoms with Crippen LogP contribution in [0.25, 0.3) is 0 Å². The van der Waals surface area contributed by atoms with Crippen molar-refractivity contribution in [2.24, 2.45) is 7.05 Å². The van der Waals surface area contributed by atoms with E-state index in [-0.39, 0.29) is 18.1 Å². The van der Waals surface area contributed by atoms with Crippen molar-refractivity contribution in [1.82, 2.24) is 9.13 Å². The van der Waals surface area contributed by atoms with Gasteiger partial charge in [-0.05, 0) is 19.8 Å². The van der Waals surface area contributed by atoms with Crippen LogP contribution in [0.3, 0.4) is 0 Å². The van der Waals surface area contributed by atoms with E-state index in [0.717, 1.165) is 11.0 Å². The highest BCUT2D eigenvalue weighted by atomic mass is 16.3. The second-order valence-corrected chi connectivity index (χ2v) is 5.26. The SMILES string of the molecule is CCCn1c(N)c(NCC(C)(O)CC)c(=O)n(C)c1=O. The predicted molar refractivity (Wildman–Crippen MR) is 80.1 cm³/mol. The highest BCUT2D eigenvalue weighted by molar-refractivity contribution is 5.60. The molecule has 114 valence electrons. The highest BCUT2D eigenvalue weighted by Crippen LogP contribution is 2.14. The van der Waals surface area contributed by atoms with Crippen LogP contribution in [0.2, 0.25) is 0 Å². The van der Waals surface area contributed by atoms with Gasteiger partial charge in [0.25, 0.3) is 5.56 Å². The molecule has 0 aromatic carbocycles. The minimum Gasteiger partial charge on any atom is -0.388 e. The Hall–Kier alpha value is -1.76. The summed E-state index contributed by atoms with van der Waals surface area (Å²) < 4.78 is 2.39. The maximum absolute atomic E-state index is 12.1. The molecule has 0 aliphatic heterocycles. The van der Waals surface area contributed by atoms with Gasteiger partial charge >= 0.3 is 5.69 Å². The van der Waals surface area contributed by atoms with Gasteiger partial charge in [-0.25, -0.2) is 4.79 Å². The number of hydrogen-bond acceptors (Lipinski definition) is 5. The van der Waals surface area contributed by atoms with Crippen molar-refractivity contribution < 1.29 is 5.11 Å². The van der Waals surface area contributed by atoms with Gasteiger partial charge in [-0.2, -0.15) is 0 Å². The summed E-state index contributed by atoms with van der Waals surface area (Å²) in [6.45, 7) is 6.07. The zero-order chi connectivity index (χ0) is 15.5. The Labute approximate surface area is 118 Å². The molecule has 0 saturated carbocycles. The van der Waals surface area contributed by atoms with Gasteiger partial charge in [0, 0.05) is 20.1 Å². The van der Waals surface area contributed by atoms with Crippen molar-refractivity contribution >= 4 is 11.5 Å². The van der Waals surface area contributed by atoms with Crippen molar-refractivity contribution in [3.05, 3.63) is 20.8 Å². The monoisotopic (exact) mass is 284 g/mol. The molecule has 0 radical (unpaired) electrons. The van der Waals surface area contributed by atoms with E-state index in [1.165, 1.54) is 11.6 Å². The average molecular weight is 284 g/mol. The number of aromatic nitrogens is 2. The van der Waals surface area contributed by atoms with Crippen LogP contribution in [0.4, 0.5) is 11.5 Å². The molecule has 1 rings (SSSR count). The van der Waals surface area contributed by atoms with Gasteiger partial charge in [0.2, 0.25) is 0 Å². The van der Waals surface area contributed by atoms with E-state index in [0.29, 0.717) is 13.0 Å². The van der Waals surface area contributed by atoms with Crippen molar-refractivity contribution in [3.8, 4) is 0 Å². The van der Waals surface area contributed by atoms with Crippen LogP contribution in [0.5, 0.6) is 0 Å². The van der Waals surface area contributed by atoms with Gasteiger partial charge in [0.05, 0.1) is 5.60 Å². The van der Waals surface area contributed by atoms with Crippen LogP contribution in [0.15, 0.2) is 9.59 Å². The van der Waals surface area contributed by atoms with Gasteiger partial charge in [0.15, 0.2) is 0 Å². The molecule has 1 aromatic heterocycles. The quantitative estimate of drug-likeness (QED) is 0.688. The average Bonchev–Trinajstić information content (AvgIpc) is 2.41. The second kappa shape index (κ2) is 6.13. The van der Waals surface area contributed by atoms with Crippen LogP contribution < -0.4 is 22.3 Å². The third-order valence-corrected chi connectivity index (χ3v) is 3.44. The number of nitrogens with one attached hydrogen (secondary N) is 1. The maximum atomic E-state index is 12.1. The number of anilines is 2. The molecule has 4 N–H and O–H groups in total. The zero-order valence-corrected chi connectivity index (χ0v) is 12.6. The lowest BCUT2D eigenvalue weighted by Gasteiger charge is -2.23. The molecule has 1 unspecified atom stereocenters. The third-order valence-electron chi connectivity index (χ3n) is 3.44. The molecule has 0 saturated heterocycles. The fourth-order valence-corrected chi connectivity index (χ4v) is 1.79. The van der Waals surface area contributed by atoms with Crippen LogP contribution in [-0.2, 0) is 13.6 Å². The molecule has 0 aliphatic carbocycles. The van der Waals surface area contributed by atoms with Crippen LogP contribution in [-0.4, -0.2) is 26.4 Å². The van der Waals surface area contributed by atoms with Gasteiger partial charge in [-0.3, -0.25) is 13.9 Å². The molecule has 0 fully saturated rings. The molecule has 0 bridgehead atoms. The fourth-order valence-electron chi connectivity index (χ4n) is 1.79. The molecule has 1 atom stereocenters. The molecule has 7 nitrogen and oxygen atoms in total. The van der Waals surface area contributed by atoms with E-state index in [1.54, 1.807) is 6.92 Å². The van der Waals surface area contributed by atoms with E-state index in [2.05, 4.69) is 5.32 Å². The smallest absolute Gasteiger partial charge is 0.332 e. The lowest BCUT2D eigenvalue weighted by atomic mass is 10.0. The van der Waals surface area contributed by atoms with Crippen molar-refractivity contribution in [2.45, 2.75) is 45.8 Å². The van der Waals surface area contributed by atoms with Crippen LogP contribution >= 0.6 is 0 Å². The molecule has 20 heavy (non-hydrogen) atoms. The summed E-state index contributed by atoms with van der Waals surface area (Å²) in [6, 6.07) is 0. The summed E-state index contributed by atoms with van der Waals surface area (Å²) in [5.74, 6) is 0.117. The summed E-state index contributed by atoms with van der Waals surface area (Å²) in [7, 11) is 1.42. The number of nitrogens with zero attached hydrogens (tertiary/aromatic N) is 2. The van der Waals surface area contributed by atoms with Crippen LogP contribution in [0.1, 0.15) is 33.6 Å². The number of rotatable bonds is 6. The van der Waals surface area contributed by atoms with Gasteiger partial charge in [-0.15, -0.1) is 0 Å². The molecule has 1 heterocycles. The van der Waals surface area contributed by atoms with E-state index in [4.69, 9.17) is 5.73 Å². The summed E-state index contributed by atoms with van der Waals surface area (Å²) >= 11 is 0. The number of nitrogens with two attached hydrogens (primary N) is 1. The summed E-state index contributed by atoms with van der Waals surface area (Å²) in [5, 5.41) is 12.9. The maximum Gasteiger partial charge on any atom is 0.332 e. The van der Waals surface area contributed by atoms with Gasteiger partial charge in [0.1, 0.15) is 11.5 Å².